The summed E-state index contributed by atoms with van der Waals surface area (Å²) in [6.07, 6.45) is 0.154. The molecule has 0 aliphatic carbocycles. The normalized spacial score (nSPS) is 11.9. The van der Waals surface area contributed by atoms with E-state index >= 15 is 0 Å². The highest BCUT2D eigenvalue weighted by Crippen LogP contribution is 2.02. The van der Waals surface area contributed by atoms with E-state index in [-0.39, 0.29) is 18.8 Å². The van der Waals surface area contributed by atoms with Crippen LogP contribution in [0.15, 0.2) is 30.3 Å². The zero-order valence-electron chi connectivity index (χ0n) is 9.18. The molecule has 0 aliphatic rings. The van der Waals surface area contributed by atoms with Gasteiger partial charge in [0.2, 0.25) is 0 Å². The Labute approximate surface area is 94.4 Å². The van der Waals surface area contributed by atoms with E-state index in [0.717, 1.165) is 5.56 Å². The van der Waals surface area contributed by atoms with E-state index in [1.54, 1.807) is 6.92 Å². The Morgan fingerprint density at radius 3 is 2.50 bits per heavy atom. The molecule has 0 spiro atoms. The van der Waals surface area contributed by atoms with Gasteiger partial charge in [0.1, 0.15) is 0 Å². The largest absolute Gasteiger partial charge is 0.464 e. The molecule has 1 rings (SSSR count). The molecule has 0 saturated carbocycles. The molecule has 1 atom stereocenters. The minimum absolute atomic E-state index is 0.154. The Morgan fingerprint density at radius 1 is 1.31 bits per heavy atom. The minimum atomic E-state index is -1.18. The molecule has 1 aromatic rings. The number of esters is 1. The predicted molar refractivity (Wildman–Crippen MR) is 59.8 cm³/mol. The molecule has 0 bridgehead atoms. The molecule has 1 aromatic carbocycles. The topological polar surface area (TPSA) is 69.4 Å². The van der Waals surface area contributed by atoms with Gasteiger partial charge in [0.15, 0.2) is 11.8 Å². The molecule has 0 aromatic heterocycles. The van der Waals surface area contributed by atoms with Crippen LogP contribution in [0.25, 0.3) is 0 Å². The first-order valence-corrected chi connectivity index (χ1v) is 5.14. The summed E-state index contributed by atoms with van der Waals surface area (Å²) in [6.45, 7) is 1.90. The first-order valence-electron chi connectivity index (χ1n) is 5.14. The lowest BCUT2D eigenvalue weighted by molar-refractivity contribution is -0.147. The van der Waals surface area contributed by atoms with Crippen LogP contribution in [-0.4, -0.2) is 24.4 Å². The quantitative estimate of drug-likeness (QED) is 0.586. The number of rotatable bonds is 5. The molecular weight excluding hydrogens is 206 g/mol. The molecule has 2 N–H and O–H groups in total. The van der Waals surface area contributed by atoms with Crippen LogP contribution < -0.4 is 5.73 Å². The zero-order valence-corrected chi connectivity index (χ0v) is 9.18. The van der Waals surface area contributed by atoms with E-state index < -0.39 is 12.0 Å². The SMILES string of the molecule is CCOC(=O)C(N)C(=O)Cc1ccccc1. The third-order valence-electron chi connectivity index (χ3n) is 2.11. The highest BCUT2D eigenvalue weighted by molar-refractivity contribution is 6.03. The summed E-state index contributed by atoms with van der Waals surface area (Å²) in [5, 5.41) is 0. The Kier molecular flexibility index (Phi) is 4.66. The highest BCUT2D eigenvalue weighted by Gasteiger charge is 2.22. The lowest BCUT2D eigenvalue weighted by Gasteiger charge is -2.09. The summed E-state index contributed by atoms with van der Waals surface area (Å²) >= 11 is 0. The average molecular weight is 221 g/mol. The number of nitrogens with two attached hydrogens (primary N) is 1. The van der Waals surface area contributed by atoms with Crippen LogP contribution in [-0.2, 0) is 20.7 Å². The fourth-order valence-corrected chi connectivity index (χ4v) is 1.27. The van der Waals surface area contributed by atoms with E-state index in [1.165, 1.54) is 0 Å². The zero-order chi connectivity index (χ0) is 12.0. The van der Waals surface area contributed by atoms with Crippen LogP contribution >= 0.6 is 0 Å². The molecule has 0 fully saturated rings. The van der Waals surface area contributed by atoms with Crippen molar-refractivity contribution >= 4 is 11.8 Å². The summed E-state index contributed by atoms with van der Waals surface area (Å²) in [6, 6.07) is 7.97. The fraction of sp³-hybridized carbons (Fsp3) is 0.333. The van der Waals surface area contributed by atoms with Gasteiger partial charge in [-0.1, -0.05) is 30.3 Å². The summed E-state index contributed by atoms with van der Waals surface area (Å²) in [7, 11) is 0. The number of hydrogen-bond acceptors (Lipinski definition) is 4. The van der Waals surface area contributed by atoms with Crippen molar-refractivity contribution in [3.05, 3.63) is 35.9 Å². The Bertz CT molecular complexity index is 362. The average Bonchev–Trinajstić information content (AvgIpc) is 2.29. The maximum absolute atomic E-state index is 11.6. The van der Waals surface area contributed by atoms with E-state index in [0.29, 0.717) is 0 Å². The van der Waals surface area contributed by atoms with Crippen molar-refractivity contribution in [3.63, 3.8) is 0 Å². The molecule has 0 saturated heterocycles. The van der Waals surface area contributed by atoms with Crippen molar-refractivity contribution in [2.24, 2.45) is 5.73 Å². The van der Waals surface area contributed by atoms with Crippen molar-refractivity contribution in [2.45, 2.75) is 19.4 Å². The molecule has 0 heterocycles. The Balaban J connectivity index is 2.56. The molecular formula is C12H15NO3. The van der Waals surface area contributed by atoms with Crippen LogP contribution in [0.5, 0.6) is 0 Å². The summed E-state index contributed by atoms with van der Waals surface area (Å²) in [4.78, 5) is 22.8. The molecule has 4 nitrogen and oxygen atoms in total. The van der Waals surface area contributed by atoms with Crippen molar-refractivity contribution in [2.75, 3.05) is 6.61 Å². The van der Waals surface area contributed by atoms with E-state index in [4.69, 9.17) is 5.73 Å². The van der Waals surface area contributed by atoms with Crippen LogP contribution in [0, 0.1) is 0 Å². The van der Waals surface area contributed by atoms with Crippen molar-refractivity contribution in [1.82, 2.24) is 0 Å². The summed E-state index contributed by atoms with van der Waals surface area (Å²) in [5.74, 6) is -0.993. The molecule has 86 valence electrons. The van der Waals surface area contributed by atoms with Gasteiger partial charge in [0.05, 0.1) is 6.61 Å². The number of hydrogen-bond donors (Lipinski definition) is 1. The first kappa shape index (κ1) is 12.4. The van der Waals surface area contributed by atoms with Gasteiger partial charge in [-0.25, -0.2) is 4.79 Å². The van der Waals surface area contributed by atoms with Crippen LogP contribution in [0.1, 0.15) is 12.5 Å². The second-order valence-electron chi connectivity index (χ2n) is 3.36. The van der Waals surface area contributed by atoms with E-state index in [2.05, 4.69) is 4.74 Å². The maximum atomic E-state index is 11.6. The molecule has 4 heteroatoms. The first-order chi connectivity index (χ1) is 7.65. The Hall–Kier alpha value is -1.68. The molecule has 0 amide bonds. The standard InChI is InChI=1S/C12H15NO3/c1-2-16-12(15)11(13)10(14)8-9-6-4-3-5-7-9/h3-7,11H,2,8,13H2,1H3. The second kappa shape index (κ2) is 6.02. The molecule has 1 unspecified atom stereocenters. The summed E-state index contributed by atoms with van der Waals surface area (Å²) < 4.78 is 4.68. The van der Waals surface area contributed by atoms with Gasteiger partial charge in [-0.3, -0.25) is 4.79 Å². The van der Waals surface area contributed by atoms with Gasteiger partial charge >= 0.3 is 5.97 Å². The fourth-order valence-electron chi connectivity index (χ4n) is 1.27. The number of carbonyl (C=O) groups is 2. The van der Waals surface area contributed by atoms with Crippen molar-refractivity contribution in [1.29, 1.82) is 0 Å². The third kappa shape index (κ3) is 3.47. The number of carbonyl (C=O) groups excluding carboxylic acids is 2. The molecule has 16 heavy (non-hydrogen) atoms. The Morgan fingerprint density at radius 2 is 1.94 bits per heavy atom. The lowest BCUT2D eigenvalue weighted by Crippen LogP contribution is -2.40. The van der Waals surface area contributed by atoms with Gasteiger partial charge in [-0.2, -0.15) is 0 Å². The van der Waals surface area contributed by atoms with E-state index in [1.807, 2.05) is 30.3 Å². The maximum Gasteiger partial charge on any atom is 0.330 e. The van der Waals surface area contributed by atoms with Gasteiger partial charge in [0.25, 0.3) is 0 Å². The highest BCUT2D eigenvalue weighted by atomic mass is 16.5. The molecule has 0 aliphatic heterocycles. The third-order valence-corrected chi connectivity index (χ3v) is 2.11. The smallest absolute Gasteiger partial charge is 0.330 e. The van der Waals surface area contributed by atoms with Gasteiger partial charge in [0, 0.05) is 6.42 Å². The number of benzene rings is 1. The van der Waals surface area contributed by atoms with Crippen molar-refractivity contribution < 1.29 is 14.3 Å². The van der Waals surface area contributed by atoms with Gasteiger partial charge < -0.3 is 10.5 Å². The number of Topliss-reactive ketones (excluding diaryl/α,β-unsaturated/α-hetero) is 1. The van der Waals surface area contributed by atoms with Gasteiger partial charge in [-0.15, -0.1) is 0 Å². The number of ether oxygens (including phenoxy) is 1. The minimum Gasteiger partial charge on any atom is -0.464 e. The predicted octanol–water partition coefficient (Wildman–Crippen LogP) is 0.689. The van der Waals surface area contributed by atoms with Crippen LogP contribution in [0.2, 0.25) is 0 Å². The summed E-state index contributed by atoms with van der Waals surface area (Å²) in [5.41, 5.74) is 6.31. The molecule has 0 radical (unpaired) electrons. The second-order valence-corrected chi connectivity index (χ2v) is 3.36. The van der Waals surface area contributed by atoms with E-state index in [9.17, 15) is 9.59 Å². The number of ketones is 1. The van der Waals surface area contributed by atoms with Crippen molar-refractivity contribution in [3.8, 4) is 0 Å². The lowest BCUT2D eigenvalue weighted by atomic mass is 10.0. The van der Waals surface area contributed by atoms with Crippen LogP contribution in [0.3, 0.4) is 0 Å². The van der Waals surface area contributed by atoms with Crippen LogP contribution in [0.4, 0.5) is 0 Å². The van der Waals surface area contributed by atoms with Gasteiger partial charge in [-0.05, 0) is 12.5 Å². The monoisotopic (exact) mass is 221 g/mol.